The summed E-state index contributed by atoms with van der Waals surface area (Å²) >= 11 is 0. The van der Waals surface area contributed by atoms with Crippen molar-refractivity contribution in [1.29, 1.82) is 0 Å². The third-order valence-corrected chi connectivity index (χ3v) is 1.64. The fraction of sp³-hybridized carbons (Fsp3) is 0.600. The van der Waals surface area contributed by atoms with Gasteiger partial charge in [-0.2, -0.15) is 0 Å². The number of aliphatic hydroxyl groups excluding tert-OH is 2. The first kappa shape index (κ1) is 11.4. The number of aliphatic hydroxyl groups is 2. The molecule has 0 aromatic carbocycles. The lowest BCUT2D eigenvalue weighted by molar-refractivity contribution is 0.0949. The first-order valence-electron chi connectivity index (χ1n) is 4.27. The molecule has 12 heavy (non-hydrogen) atoms. The molecule has 0 radical (unpaired) electrons. The van der Waals surface area contributed by atoms with Crippen molar-refractivity contribution in [2.24, 2.45) is 0 Å². The van der Waals surface area contributed by atoms with Gasteiger partial charge < -0.3 is 10.2 Å². The van der Waals surface area contributed by atoms with E-state index in [1.54, 1.807) is 0 Å². The van der Waals surface area contributed by atoms with Crippen molar-refractivity contribution in [3.63, 3.8) is 0 Å². The number of hydrogen-bond acceptors (Lipinski definition) is 2. The molecule has 0 aliphatic rings. The van der Waals surface area contributed by atoms with Gasteiger partial charge in [0.1, 0.15) is 0 Å². The Balaban J connectivity index is 3.46. The van der Waals surface area contributed by atoms with Crippen LogP contribution in [0, 0.1) is 0 Å². The van der Waals surface area contributed by atoms with E-state index in [0.717, 1.165) is 18.4 Å². The fourth-order valence-corrected chi connectivity index (χ4v) is 0.954. The van der Waals surface area contributed by atoms with E-state index in [-0.39, 0.29) is 6.61 Å². The third kappa shape index (κ3) is 6.13. The fourth-order valence-electron chi connectivity index (χ4n) is 0.954. The highest BCUT2D eigenvalue weighted by molar-refractivity contribution is 4.98. The average Bonchev–Trinajstić information content (AvgIpc) is 2.05. The lowest BCUT2D eigenvalue weighted by atomic mass is 10.1. The quantitative estimate of drug-likeness (QED) is 0.595. The van der Waals surface area contributed by atoms with Crippen LogP contribution in [0.5, 0.6) is 0 Å². The number of rotatable bonds is 6. The van der Waals surface area contributed by atoms with E-state index < -0.39 is 6.10 Å². The van der Waals surface area contributed by atoms with Crippen LogP contribution in [0.25, 0.3) is 0 Å². The van der Waals surface area contributed by atoms with E-state index in [0.29, 0.717) is 6.42 Å². The molecule has 0 saturated carbocycles. The first-order valence-corrected chi connectivity index (χ1v) is 4.27. The standard InChI is InChI=1S/C10H18O2/c1-3-4-5-6-9(2)7-10(12)8-11/h3-4,10-12H,2,5-8H2,1H3. The van der Waals surface area contributed by atoms with Crippen molar-refractivity contribution in [2.75, 3.05) is 6.61 Å². The highest BCUT2D eigenvalue weighted by Crippen LogP contribution is 2.10. The maximum atomic E-state index is 9.06. The number of allylic oxidation sites excluding steroid dienone is 2. The Hall–Kier alpha value is -0.600. The molecule has 2 N–H and O–H groups in total. The van der Waals surface area contributed by atoms with Gasteiger partial charge in [0.05, 0.1) is 12.7 Å². The minimum Gasteiger partial charge on any atom is -0.394 e. The molecule has 0 aromatic heterocycles. The van der Waals surface area contributed by atoms with E-state index in [1.807, 2.05) is 13.0 Å². The van der Waals surface area contributed by atoms with Gasteiger partial charge in [0.15, 0.2) is 0 Å². The molecule has 0 fully saturated rings. The van der Waals surface area contributed by atoms with Crippen molar-refractivity contribution >= 4 is 0 Å². The molecule has 1 atom stereocenters. The molecule has 0 spiro atoms. The SMILES string of the molecule is C=C(CCC=CC)CC(O)CO. The molecule has 2 heteroatoms. The molecular weight excluding hydrogens is 152 g/mol. The van der Waals surface area contributed by atoms with Crippen LogP contribution in [0.1, 0.15) is 26.2 Å². The maximum absolute atomic E-state index is 9.06. The molecular formula is C10H18O2. The first-order chi connectivity index (χ1) is 5.70. The lowest BCUT2D eigenvalue weighted by Crippen LogP contribution is -2.12. The molecule has 0 saturated heterocycles. The molecule has 0 rings (SSSR count). The van der Waals surface area contributed by atoms with Crippen LogP contribution in [-0.4, -0.2) is 22.9 Å². The summed E-state index contributed by atoms with van der Waals surface area (Å²) in [6, 6.07) is 0. The van der Waals surface area contributed by atoms with Crippen molar-refractivity contribution < 1.29 is 10.2 Å². The van der Waals surface area contributed by atoms with E-state index in [2.05, 4.69) is 12.7 Å². The van der Waals surface area contributed by atoms with Gasteiger partial charge in [-0.1, -0.05) is 24.3 Å². The molecule has 70 valence electrons. The Labute approximate surface area is 74.2 Å². The summed E-state index contributed by atoms with van der Waals surface area (Å²) in [5.41, 5.74) is 0.995. The number of hydrogen-bond donors (Lipinski definition) is 2. The van der Waals surface area contributed by atoms with E-state index in [1.165, 1.54) is 0 Å². The highest BCUT2D eigenvalue weighted by Gasteiger charge is 2.03. The zero-order valence-electron chi connectivity index (χ0n) is 7.66. The zero-order chi connectivity index (χ0) is 9.40. The van der Waals surface area contributed by atoms with Gasteiger partial charge in [-0.3, -0.25) is 0 Å². The Bertz CT molecular complexity index is 150. The second-order valence-electron chi connectivity index (χ2n) is 2.90. The lowest BCUT2D eigenvalue weighted by Gasteiger charge is -2.08. The van der Waals surface area contributed by atoms with Crippen LogP contribution in [0.3, 0.4) is 0 Å². The van der Waals surface area contributed by atoms with Crippen LogP contribution in [0.2, 0.25) is 0 Å². The third-order valence-electron chi connectivity index (χ3n) is 1.64. The van der Waals surface area contributed by atoms with E-state index >= 15 is 0 Å². The maximum Gasteiger partial charge on any atom is 0.0807 e. The Kier molecular flexibility index (Phi) is 6.72. The average molecular weight is 170 g/mol. The van der Waals surface area contributed by atoms with Crippen LogP contribution in [-0.2, 0) is 0 Å². The molecule has 0 aliphatic carbocycles. The molecule has 0 aromatic rings. The van der Waals surface area contributed by atoms with Crippen molar-refractivity contribution in [1.82, 2.24) is 0 Å². The van der Waals surface area contributed by atoms with E-state index in [4.69, 9.17) is 10.2 Å². The van der Waals surface area contributed by atoms with Crippen LogP contribution in [0.4, 0.5) is 0 Å². The second-order valence-corrected chi connectivity index (χ2v) is 2.90. The second kappa shape index (κ2) is 7.07. The molecule has 2 nitrogen and oxygen atoms in total. The Morgan fingerprint density at radius 1 is 1.58 bits per heavy atom. The van der Waals surface area contributed by atoms with Gasteiger partial charge in [0.25, 0.3) is 0 Å². The minimum absolute atomic E-state index is 0.178. The van der Waals surface area contributed by atoms with Gasteiger partial charge in [-0.25, -0.2) is 0 Å². The summed E-state index contributed by atoms with van der Waals surface area (Å²) < 4.78 is 0. The van der Waals surface area contributed by atoms with Gasteiger partial charge in [0, 0.05) is 0 Å². The molecule has 0 amide bonds. The van der Waals surface area contributed by atoms with Crippen molar-refractivity contribution in [3.05, 3.63) is 24.3 Å². The Morgan fingerprint density at radius 2 is 2.25 bits per heavy atom. The molecule has 0 aliphatic heterocycles. The summed E-state index contributed by atoms with van der Waals surface area (Å²) in [5, 5.41) is 17.6. The summed E-state index contributed by atoms with van der Waals surface area (Å²) in [4.78, 5) is 0. The van der Waals surface area contributed by atoms with Crippen LogP contribution < -0.4 is 0 Å². The monoisotopic (exact) mass is 170 g/mol. The van der Waals surface area contributed by atoms with Crippen molar-refractivity contribution in [2.45, 2.75) is 32.3 Å². The van der Waals surface area contributed by atoms with Gasteiger partial charge in [-0.15, -0.1) is 0 Å². The summed E-state index contributed by atoms with van der Waals surface area (Å²) in [7, 11) is 0. The predicted molar refractivity (Wildman–Crippen MR) is 50.9 cm³/mol. The highest BCUT2D eigenvalue weighted by atomic mass is 16.3. The Morgan fingerprint density at radius 3 is 2.75 bits per heavy atom. The molecule has 1 unspecified atom stereocenters. The minimum atomic E-state index is -0.636. The largest absolute Gasteiger partial charge is 0.394 e. The van der Waals surface area contributed by atoms with Gasteiger partial charge >= 0.3 is 0 Å². The van der Waals surface area contributed by atoms with Gasteiger partial charge in [0.2, 0.25) is 0 Å². The summed E-state index contributed by atoms with van der Waals surface area (Å²) in [5.74, 6) is 0. The van der Waals surface area contributed by atoms with Crippen molar-refractivity contribution in [3.8, 4) is 0 Å². The normalized spacial score (nSPS) is 13.6. The predicted octanol–water partition coefficient (Wildman–Crippen LogP) is 1.64. The smallest absolute Gasteiger partial charge is 0.0807 e. The zero-order valence-corrected chi connectivity index (χ0v) is 7.66. The van der Waals surface area contributed by atoms with Crippen LogP contribution in [0.15, 0.2) is 24.3 Å². The summed E-state index contributed by atoms with van der Waals surface area (Å²) in [6.45, 7) is 5.61. The summed E-state index contributed by atoms with van der Waals surface area (Å²) in [6.07, 6.45) is 5.79. The van der Waals surface area contributed by atoms with Gasteiger partial charge in [-0.05, 0) is 26.2 Å². The molecule has 0 heterocycles. The van der Waals surface area contributed by atoms with Crippen LogP contribution >= 0.6 is 0 Å². The molecule has 0 bridgehead atoms. The topological polar surface area (TPSA) is 40.5 Å². The van der Waals surface area contributed by atoms with E-state index in [9.17, 15) is 0 Å².